The number of aryl methyl sites for hydroxylation is 1. The molecule has 0 N–H and O–H groups in total. The SMILES string of the molecule is Cc1cccc(OCCOCCOCCOc2cccc(B3OC(C)(C)C(C)(C)O3)c2)c1. The lowest BCUT2D eigenvalue weighted by molar-refractivity contribution is 0.00578. The van der Waals surface area contributed by atoms with Crippen LogP contribution in [0.3, 0.4) is 0 Å². The first kappa shape index (κ1) is 24.6. The van der Waals surface area contributed by atoms with Crippen LogP contribution in [0.1, 0.15) is 33.3 Å². The summed E-state index contributed by atoms with van der Waals surface area (Å²) in [5.74, 6) is 1.63. The van der Waals surface area contributed by atoms with Crippen LogP contribution in [0.4, 0.5) is 0 Å². The second kappa shape index (κ2) is 11.2. The van der Waals surface area contributed by atoms with Gasteiger partial charge in [0.25, 0.3) is 0 Å². The second-order valence-corrected chi connectivity index (χ2v) is 8.90. The minimum Gasteiger partial charge on any atom is -0.491 e. The molecule has 32 heavy (non-hydrogen) atoms. The van der Waals surface area contributed by atoms with Crippen molar-refractivity contribution < 1.29 is 28.3 Å². The van der Waals surface area contributed by atoms with Crippen molar-refractivity contribution in [3.05, 3.63) is 54.1 Å². The summed E-state index contributed by atoms with van der Waals surface area (Å²) in [5, 5.41) is 0. The van der Waals surface area contributed by atoms with Gasteiger partial charge in [-0.1, -0.05) is 24.3 Å². The maximum absolute atomic E-state index is 6.11. The molecule has 0 unspecified atom stereocenters. The molecule has 1 aliphatic heterocycles. The monoisotopic (exact) mass is 442 g/mol. The molecule has 0 saturated carbocycles. The fraction of sp³-hybridized carbons (Fsp3) is 0.520. The molecule has 0 aliphatic carbocycles. The van der Waals surface area contributed by atoms with Gasteiger partial charge >= 0.3 is 7.12 Å². The Balaban J connectivity index is 1.26. The molecule has 0 bridgehead atoms. The number of hydrogen-bond donors (Lipinski definition) is 0. The van der Waals surface area contributed by atoms with E-state index in [2.05, 4.69) is 0 Å². The van der Waals surface area contributed by atoms with Crippen molar-refractivity contribution in [1.82, 2.24) is 0 Å². The van der Waals surface area contributed by atoms with Gasteiger partial charge in [0.15, 0.2) is 0 Å². The number of ether oxygens (including phenoxy) is 4. The predicted molar refractivity (Wildman–Crippen MR) is 126 cm³/mol. The smallest absolute Gasteiger partial charge is 0.491 e. The second-order valence-electron chi connectivity index (χ2n) is 8.90. The van der Waals surface area contributed by atoms with Gasteiger partial charge in [-0.15, -0.1) is 0 Å². The molecule has 0 spiro atoms. The highest BCUT2D eigenvalue weighted by Gasteiger charge is 2.51. The molecule has 0 radical (unpaired) electrons. The third-order valence-corrected chi connectivity index (χ3v) is 5.74. The standard InChI is InChI=1S/C25H35BO6/c1-20-8-6-10-22(18-20)29-16-14-27-12-13-28-15-17-30-23-11-7-9-21(19-23)26-31-24(2,3)25(4,5)32-26/h6-11,18-19H,12-17H2,1-5H3. The van der Waals surface area contributed by atoms with Gasteiger partial charge in [-0.3, -0.25) is 0 Å². The van der Waals surface area contributed by atoms with Gasteiger partial charge in [0.1, 0.15) is 24.7 Å². The van der Waals surface area contributed by atoms with E-state index < -0.39 is 7.12 Å². The zero-order valence-corrected chi connectivity index (χ0v) is 19.9. The minimum absolute atomic E-state index is 0.364. The summed E-state index contributed by atoms with van der Waals surface area (Å²) in [6.07, 6.45) is 0. The first-order chi connectivity index (χ1) is 15.3. The summed E-state index contributed by atoms with van der Waals surface area (Å²) in [6, 6.07) is 15.8. The normalized spacial score (nSPS) is 16.8. The highest BCUT2D eigenvalue weighted by Crippen LogP contribution is 2.36. The maximum Gasteiger partial charge on any atom is 0.494 e. The average molecular weight is 442 g/mol. The van der Waals surface area contributed by atoms with Crippen LogP contribution in [0.5, 0.6) is 11.5 Å². The van der Waals surface area contributed by atoms with Crippen LogP contribution in [0, 0.1) is 6.92 Å². The topological polar surface area (TPSA) is 55.4 Å². The molecule has 1 aliphatic rings. The maximum atomic E-state index is 6.11. The Morgan fingerprint density at radius 2 is 1.19 bits per heavy atom. The zero-order chi connectivity index (χ0) is 23.0. The molecule has 6 nitrogen and oxygen atoms in total. The first-order valence-electron chi connectivity index (χ1n) is 11.2. The van der Waals surface area contributed by atoms with E-state index in [0.29, 0.717) is 39.6 Å². The Labute approximate surface area is 192 Å². The van der Waals surface area contributed by atoms with E-state index >= 15 is 0 Å². The van der Waals surface area contributed by atoms with Gasteiger partial charge in [-0.25, -0.2) is 0 Å². The molecule has 7 heteroatoms. The molecule has 0 amide bonds. The molecular formula is C25H35BO6. The highest BCUT2D eigenvalue weighted by atomic mass is 16.7. The fourth-order valence-electron chi connectivity index (χ4n) is 3.19. The summed E-state index contributed by atoms with van der Waals surface area (Å²) in [4.78, 5) is 0. The quantitative estimate of drug-likeness (QED) is 0.368. The van der Waals surface area contributed by atoms with Gasteiger partial charge in [0.05, 0.1) is 37.6 Å². The molecule has 174 valence electrons. The minimum atomic E-state index is -0.396. The van der Waals surface area contributed by atoms with Crippen LogP contribution < -0.4 is 14.9 Å². The van der Waals surface area contributed by atoms with Crippen molar-refractivity contribution in [3.63, 3.8) is 0 Å². The Morgan fingerprint density at radius 3 is 1.75 bits per heavy atom. The lowest BCUT2D eigenvalue weighted by Crippen LogP contribution is -2.41. The number of hydrogen-bond acceptors (Lipinski definition) is 6. The molecule has 2 aromatic carbocycles. The van der Waals surface area contributed by atoms with Gasteiger partial charge in [0.2, 0.25) is 0 Å². The van der Waals surface area contributed by atoms with Crippen LogP contribution in [0.2, 0.25) is 0 Å². The molecule has 0 aromatic heterocycles. The molecule has 1 saturated heterocycles. The van der Waals surface area contributed by atoms with Crippen LogP contribution >= 0.6 is 0 Å². The van der Waals surface area contributed by atoms with Crippen LogP contribution in [-0.2, 0) is 18.8 Å². The van der Waals surface area contributed by atoms with Gasteiger partial charge < -0.3 is 28.3 Å². The Kier molecular flexibility index (Phi) is 8.60. The van der Waals surface area contributed by atoms with E-state index in [1.165, 1.54) is 5.56 Å². The number of rotatable bonds is 12. The van der Waals surface area contributed by atoms with Crippen molar-refractivity contribution in [3.8, 4) is 11.5 Å². The van der Waals surface area contributed by atoms with Gasteiger partial charge in [-0.05, 0) is 69.9 Å². The van der Waals surface area contributed by atoms with E-state index in [0.717, 1.165) is 17.0 Å². The fourth-order valence-corrected chi connectivity index (χ4v) is 3.19. The van der Waals surface area contributed by atoms with Crippen LogP contribution in [-0.4, -0.2) is 58.0 Å². The summed E-state index contributed by atoms with van der Waals surface area (Å²) >= 11 is 0. The Morgan fingerprint density at radius 1 is 0.688 bits per heavy atom. The largest absolute Gasteiger partial charge is 0.494 e. The van der Waals surface area contributed by atoms with Crippen molar-refractivity contribution in [1.29, 1.82) is 0 Å². The average Bonchev–Trinajstić information content (AvgIpc) is 2.97. The van der Waals surface area contributed by atoms with Crippen molar-refractivity contribution in [2.24, 2.45) is 0 Å². The first-order valence-corrected chi connectivity index (χ1v) is 11.2. The van der Waals surface area contributed by atoms with E-state index in [1.807, 2.05) is 83.1 Å². The van der Waals surface area contributed by atoms with Gasteiger partial charge in [0, 0.05) is 0 Å². The predicted octanol–water partition coefficient (Wildman–Crippen LogP) is 3.79. The third-order valence-electron chi connectivity index (χ3n) is 5.74. The number of benzene rings is 2. The molecule has 2 aromatic rings. The summed E-state index contributed by atoms with van der Waals surface area (Å²) in [7, 11) is -0.396. The van der Waals surface area contributed by atoms with Crippen LogP contribution in [0.15, 0.2) is 48.5 Å². The van der Waals surface area contributed by atoms with E-state index in [9.17, 15) is 0 Å². The lowest BCUT2D eigenvalue weighted by Gasteiger charge is -2.32. The third kappa shape index (κ3) is 6.97. The van der Waals surface area contributed by atoms with Gasteiger partial charge in [-0.2, -0.15) is 0 Å². The summed E-state index contributed by atoms with van der Waals surface area (Å²) < 4.78 is 34.8. The molecule has 3 rings (SSSR count). The summed E-state index contributed by atoms with van der Waals surface area (Å²) in [5.41, 5.74) is 1.40. The van der Waals surface area contributed by atoms with E-state index in [1.54, 1.807) is 0 Å². The lowest BCUT2D eigenvalue weighted by atomic mass is 9.79. The Hall–Kier alpha value is -2.06. The van der Waals surface area contributed by atoms with Crippen molar-refractivity contribution in [2.75, 3.05) is 39.6 Å². The zero-order valence-electron chi connectivity index (χ0n) is 19.9. The van der Waals surface area contributed by atoms with Crippen molar-refractivity contribution >= 4 is 12.6 Å². The van der Waals surface area contributed by atoms with E-state index in [-0.39, 0.29) is 11.2 Å². The molecule has 0 atom stereocenters. The van der Waals surface area contributed by atoms with Crippen LogP contribution in [0.25, 0.3) is 0 Å². The molecular weight excluding hydrogens is 407 g/mol. The summed E-state index contributed by atoms with van der Waals surface area (Å²) in [6.45, 7) is 13.3. The Bertz CT molecular complexity index is 838. The van der Waals surface area contributed by atoms with Crippen molar-refractivity contribution in [2.45, 2.75) is 45.8 Å². The molecule has 1 fully saturated rings. The van der Waals surface area contributed by atoms with E-state index in [4.69, 9.17) is 28.3 Å². The molecule has 1 heterocycles. The highest BCUT2D eigenvalue weighted by molar-refractivity contribution is 6.62.